The predicted molar refractivity (Wildman–Crippen MR) is 85.7 cm³/mol. The second-order valence-corrected chi connectivity index (χ2v) is 7.56. The maximum Gasteiger partial charge on any atom is 0.363 e. The first-order valence-corrected chi connectivity index (χ1v) is 9.45. The molecule has 2 fully saturated rings. The van der Waals surface area contributed by atoms with Gasteiger partial charge in [-0.05, 0) is 11.6 Å². The van der Waals surface area contributed by atoms with Gasteiger partial charge in [-0.1, -0.05) is 64.2 Å². The maximum absolute atomic E-state index is 6.53. The largest absolute Gasteiger partial charge is 0.563 e. The highest BCUT2D eigenvalue weighted by Gasteiger charge is 2.38. The van der Waals surface area contributed by atoms with Crippen LogP contribution < -0.4 is 0 Å². The second-order valence-electron chi connectivity index (χ2n) is 6.58. The zero-order valence-corrected chi connectivity index (χ0v) is 12.9. The number of hydrogen-bond acceptors (Lipinski definition) is 2. The Labute approximate surface area is 123 Å². The SMILES string of the molecule is C1=C(OB(C2CCCCC2)C2CCCCC2)CCS1. The van der Waals surface area contributed by atoms with Crippen molar-refractivity contribution in [1.82, 2.24) is 0 Å². The van der Waals surface area contributed by atoms with Gasteiger partial charge in [0.15, 0.2) is 0 Å². The summed E-state index contributed by atoms with van der Waals surface area (Å²) in [4.78, 5) is 0. The molecule has 3 heteroatoms. The topological polar surface area (TPSA) is 9.23 Å². The highest BCUT2D eigenvalue weighted by atomic mass is 32.2. The van der Waals surface area contributed by atoms with Gasteiger partial charge in [-0.15, -0.1) is 11.8 Å². The normalized spacial score (nSPS) is 26.2. The third-order valence-electron chi connectivity index (χ3n) is 5.20. The van der Waals surface area contributed by atoms with E-state index in [2.05, 4.69) is 5.41 Å². The van der Waals surface area contributed by atoms with Crippen LogP contribution in [0.3, 0.4) is 0 Å². The average Bonchev–Trinajstić information content (AvgIpc) is 3.00. The molecule has 3 rings (SSSR count). The molecule has 0 unspecified atom stereocenters. The molecule has 0 spiro atoms. The molecule has 106 valence electrons. The Bertz CT molecular complexity index is 288. The molecular formula is C16H27BOS. The Morgan fingerprint density at radius 1 is 0.895 bits per heavy atom. The van der Waals surface area contributed by atoms with Gasteiger partial charge in [0.05, 0.1) is 5.76 Å². The van der Waals surface area contributed by atoms with Crippen LogP contribution in [0.1, 0.15) is 70.6 Å². The Morgan fingerprint density at radius 3 is 1.95 bits per heavy atom. The molecule has 0 N–H and O–H groups in total. The summed E-state index contributed by atoms with van der Waals surface area (Å²) in [5.74, 6) is 4.23. The fourth-order valence-electron chi connectivity index (χ4n) is 4.13. The molecule has 3 aliphatic rings. The summed E-state index contributed by atoms with van der Waals surface area (Å²) in [6.07, 6.45) is 15.5. The van der Waals surface area contributed by atoms with E-state index in [1.165, 1.54) is 82.1 Å². The maximum atomic E-state index is 6.53. The summed E-state index contributed by atoms with van der Waals surface area (Å²) >= 11 is 1.93. The molecule has 0 atom stereocenters. The number of hydrogen-bond donors (Lipinski definition) is 0. The molecule has 0 bridgehead atoms. The summed E-state index contributed by atoms with van der Waals surface area (Å²) in [6, 6.07) is 0. The van der Waals surface area contributed by atoms with Gasteiger partial charge in [0, 0.05) is 17.6 Å². The molecule has 0 aromatic rings. The minimum absolute atomic E-state index is 0.547. The average molecular weight is 278 g/mol. The molecule has 0 amide bonds. The molecular weight excluding hydrogens is 251 g/mol. The Morgan fingerprint density at radius 2 is 1.47 bits per heavy atom. The standard InChI is InChI=1S/C16H27BOS/c1-3-7-14(8-4-1)17(15-9-5-2-6-10-15)18-16-11-12-19-13-16/h13-15H,1-12H2. The van der Waals surface area contributed by atoms with E-state index in [1.807, 2.05) is 11.8 Å². The fourth-order valence-corrected chi connectivity index (χ4v) is 4.93. The van der Waals surface area contributed by atoms with Gasteiger partial charge in [-0.3, -0.25) is 0 Å². The van der Waals surface area contributed by atoms with E-state index in [4.69, 9.17) is 4.65 Å². The van der Waals surface area contributed by atoms with E-state index >= 15 is 0 Å². The van der Waals surface area contributed by atoms with E-state index in [-0.39, 0.29) is 0 Å². The second kappa shape index (κ2) is 7.10. The van der Waals surface area contributed by atoms with Crippen LogP contribution in [0.2, 0.25) is 11.6 Å². The lowest BCUT2D eigenvalue weighted by Crippen LogP contribution is -2.33. The van der Waals surface area contributed by atoms with Gasteiger partial charge in [-0.2, -0.15) is 0 Å². The van der Waals surface area contributed by atoms with Crippen molar-refractivity contribution in [3.8, 4) is 0 Å². The highest BCUT2D eigenvalue weighted by molar-refractivity contribution is 8.02. The summed E-state index contributed by atoms with van der Waals surface area (Å²) < 4.78 is 6.53. The minimum atomic E-state index is 0.547. The van der Waals surface area contributed by atoms with Crippen molar-refractivity contribution in [3.05, 3.63) is 11.2 Å². The van der Waals surface area contributed by atoms with Gasteiger partial charge in [0.25, 0.3) is 0 Å². The molecule has 0 radical (unpaired) electrons. The Hall–Kier alpha value is -0.0451. The van der Waals surface area contributed by atoms with Crippen LogP contribution in [-0.4, -0.2) is 12.7 Å². The van der Waals surface area contributed by atoms with Gasteiger partial charge in [-0.25, -0.2) is 0 Å². The van der Waals surface area contributed by atoms with Crippen LogP contribution in [0.25, 0.3) is 0 Å². The van der Waals surface area contributed by atoms with Crippen molar-refractivity contribution in [2.45, 2.75) is 82.3 Å². The van der Waals surface area contributed by atoms with E-state index in [0.29, 0.717) is 6.92 Å². The third-order valence-corrected chi connectivity index (χ3v) is 6.07. The van der Waals surface area contributed by atoms with E-state index in [9.17, 15) is 0 Å². The predicted octanol–water partition coefficient (Wildman–Crippen LogP) is 5.64. The van der Waals surface area contributed by atoms with Crippen molar-refractivity contribution >= 4 is 18.7 Å². The minimum Gasteiger partial charge on any atom is -0.563 e. The van der Waals surface area contributed by atoms with Crippen LogP contribution in [0, 0.1) is 0 Å². The van der Waals surface area contributed by atoms with Crippen LogP contribution >= 0.6 is 11.8 Å². The third kappa shape index (κ3) is 3.74. The zero-order chi connectivity index (χ0) is 12.9. The Kier molecular flexibility index (Phi) is 5.20. The van der Waals surface area contributed by atoms with Crippen molar-refractivity contribution in [1.29, 1.82) is 0 Å². The lowest BCUT2D eigenvalue weighted by Gasteiger charge is -2.35. The van der Waals surface area contributed by atoms with Gasteiger partial charge in [0.1, 0.15) is 0 Å². The highest BCUT2D eigenvalue weighted by Crippen LogP contribution is 2.43. The zero-order valence-electron chi connectivity index (χ0n) is 12.1. The van der Waals surface area contributed by atoms with Gasteiger partial charge < -0.3 is 4.65 Å². The van der Waals surface area contributed by atoms with Crippen LogP contribution in [0.15, 0.2) is 11.2 Å². The quantitative estimate of drug-likeness (QED) is 0.615. The molecule has 2 aliphatic carbocycles. The van der Waals surface area contributed by atoms with Crippen molar-refractivity contribution in [2.75, 3.05) is 5.75 Å². The van der Waals surface area contributed by atoms with Crippen molar-refractivity contribution in [2.24, 2.45) is 0 Å². The summed E-state index contributed by atoms with van der Waals surface area (Å²) in [6.45, 7) is 0.547. The lowest BCUT2D eigenvalue weighted by atomic mass is 9.42. The van der Waals surface area contributed by atoms with E-state index < -0.39 is 0 Å². The molecule has 0 aromatic heterocycles. The number of rotatable bonds is 4. The first-order valence-electron chi connectivity index (χ1n) is 8.41. The first-order chi connectivity index (χ1) is 9.43. The van der Waals surface area contributed by atoms with E-state index in [1.54, 1.807) is 0 Å². The lowest BCUT2D eigenvalue weighted by molar-refractivity contribution is 0.349. The summed E-state index contributed by atoms with van der Waals surface area (Å²) in [5, 5.41) is 2.28. The monoisotopic (exact) mass is 278 g/mol. The summed E-state index contributed by atoms with van der Waals surface area (Å²) in [7, 11) is 0. The molecule has 19 heavy (non-hydrogen) atoms. The summed E-state index contributed by atoms with van der Waals surface area (Å²) in [5.41, 5.74) is 0. The van der Waals surface area contributed by atoms with Gasteiger partial charge in [0.2, 0.25) is 0 Å². The fraction of sp³-hybridized carbons (Fsp3) is 0.875. The molecule has 0 aromatic carbocycles. The van der Waals surface area contributed by atoms with E-state index in [0.717, 1.165) is 11.6 Å². The molecule has 1 aliphatic heterocycles. The number of allylic oxidation sites excluding steroid dienone is 1. The smallest absolute Gasteiger partial charge is 0.363 e. The first kappa shape index (κ1) is 13.9. The van der Waals surface area contributed by atoms with Crippen molar-refractivity contribution in [3.63, 3.8) is 0 Å². The van der Waals surface area contributed by atoms with Crippen molar-refractivity contribution < 1.29 is 4.65 Å². The Balaban J connectivity index is 1.65. The van der Waals surface area contributed by atoms with Crippen LogP contribution in [-0.2, 0) is 4.65 Å². The van der Waals surface area contributed by atoms with Gasteiger partial charge >= 0.3 is 6.92 Å². The molecule has 2 saturated carbocycles. The molecule has 0 saturated heterocycles. The van der Waals surface area contributed by atoms with Crippen LogP contribution in [0.5, 0.6) is 0 Å². The molecule has 1 heterocycles. The molecule has 1 nitrogen and oxygen atoms in total. The van der Waals surface area contributed by atoms with Crippen LogP contribution in [0.4, 0.5) is 0 Å². The number of thioether (sulfide) groups is 1.